The Hall–Kier alpha value is -0.520. The molecular formula is C13H22ClNO4. The molecule has 110 valence electrons. The van der Waals surface area contributed by atoms with Crippen molar-refractivity contribution in [2.24, 2.45) is 0 Å². The Labute approximate surface area is 119 Å². The Kier molecular flexibility index (Phi) is 4.28. The lowest BCUT2D eigenvalue weighted by Crippen LogP contribution is -2.52. The van der Waals surface area contributed by atoms with Gasteiger partial charge < -0.3 is 19.1 Å². The summed E-state index contributed by atoms with van der Waals surface area (Å²) in [4.78, 5) is 13.7. The lowest BCUT2D eigenvalue weighted by Gasteiger charge is -2.39. The van der Waals surface area contributed by atoms with Gasteiger partial charge in [0.25, 0.3) is 0 Å². The number of piperidine rings is 1. The third-order valence-electron chi connectivity index (χ3n) is 3.15. The standard InChI is InChI=1S/C13H22ClNO4/c1-12(2,3)19-11(16)15-6-4-5-13(9-15)17-8-10(7-14)18-13/h10H,4-9H2,1-3H3. The van der Waals surface area contributed by atoms with Crippen molar-refractivity contribution < 1.29 is 19.0 Å². The number of hydrogen-bond donors (Lipinski definition) is 0. The van der Waals surface area contributed by atoms with Crippen molar-refractivity contribution in [1.29, 1.82) is 0 Å². The van der Waals surface area contributed by atoms with Gasteiger partial charge in [0.15, 0.2) is 5.79 Å². The van der Waals surface area contributed by atoms with Gasteiger partial charge in [-0.2, -0.15) is 0 Å². The molecule has 6 heteroatoms. The molecule has 0 saturated carbocycles. The van der Waals surface area contributed by atoms with Crippen LogP contribution in [0.4, 0.5) is 4.79 Å². The number of ether oxygens (including phenoxy) is 3. The van der Waals surface area contributed by atoms with E-state index in [0.29, 0.717) is 25.6 Å². The number of carbonyl (C=O) groups excluding carboxylic acids is 1. The number of carbonyl (C=O) groups is 1. The largest absolute Gasteiger partial charge is 0.444 e. The number of hydrogen-bond acceptors (Lipinski definition) is 4. The maximum Gasteiger partial charge on any atom is 0.410 e. The van der Waals surface area contributed by atoms with Crippen LogP contribution in [0.15, 0.2) is 0 Å². The van der Waals surface area contributed by atoms with Crippen LogP contribution >= 0.6 is 11.6 Å². The molecule has 0 aliphatic carbocycles. The minimum absolute atomic E-state index is 0.0831. The van der Waals surface area contributed by atoms with Crippen molar-refractivity contribution in [2.75, 3.05) is 25.6 Å². The predicted octanol–water partition coefficient (Wildman–Crippen LogP) is 2.37. The summed E-state index contributed by atoms with van der Waals surface area (Å²) in [6.07, 6.45) is 1.24. The summed E-state index contributed by atoms with van der Waals surface area (Å²) in [5.74, 6) is -0.275. The maximum absolute atomic E-state index is 12.1. The Morgan fingerprint density at radius 2 is 2.26 bits per heavy atom. The van der Waals surface area contributed by atoms with Gasteiger partial charge in [-0.05, 0) is 27.2 Å². The van der Waals surface area contributed by atoms with E-state index in [9.17, 15) is 4.79 Å². The summed E-state index contributed by atoms with van der Waals surface area (Å²) in [6.45, 7) is 7.15. The molecule has 0 aromatic rings. The summed E-state index contributed by atoms with van der Waals surface area (Å²) < 4.78 is 17.0. The van der Waals surface area contributed by atoms with Crippen LogP contribution in [0.2, 0.25) is 0 Å². The van der Waals surface area contributed by atoms with E-state index in [-0.39, 0.29) is 12.2 Å². The Bertz CT molecular complexity index is 344. The molecule has 2 unspecified atom stereocenters. The highest BCUT2D eigenvalue weighted by molar-refractivity contribution is 6.18. The van der Waals surface area contributed by atoms with Gasteiger partial charge >= 0.3 is 6.09 Å². The predicted molar refractivity (Wildman–Crippen MR) is 71.3 cm³/mol. The molecular weight excluding hydrogens is 270 g/mol. The smallest absolute Gasteiger partial charge is 0.410 e. The van der Waals surface area contributed by atoms with Crippen molar-refractivity contribution in [3.05, 3.63) is 0 Å². The molecule has 0 radical (unpaired) electrons. The Morgan fingerprint density at radius 1 is 1.53 bits per heavy atom. The van der Waals surface area contributed by atoms with Gasteiger partial charge in [-0.1, -0.05) is 0 Å². The van der Waals surface area contributed by atoms with Gasteiger partial charge in [0.2, 0.25) is 0 Å². The minimum Gasteiger partial charge on any atom is -0.444 e. The molecule has 2 aliphatic heterocycles. The minimum atomic E-state index is -0.686. The van der Waals surface area contributed by atoms with E-state index in [0.717, 1.165) is 12.8 Å². The van der Waals surface area contributed by atoms with Crippen molar-refractivity contribution in [2.45, 2.75) is 51.1 Å². The second-order valence-electron chi connectivity index (χ2n) is 6.12. The van der Waals surface area contributed by atoms with Crippen molar-refractivity contribution in [3.63, 3.8) is 0 Å². The van der Waals surface area contributed by atoms with E-state index >= 15 is 0 Å². The van der Waals surface area contributed by atoms with Crippen LogP contribution < -0.4 is 0 Å². The van der Waals surface area contributed by atoms with E-state index < -0.39 is 11.4 Å². The van der Waals surface area contributed by atoms with Crippen LogP contribution in [0.3, 0.4) is 0 Å². The summed E-state index contributed by atoms with van der Waals surface area (Å²) in [5, 5.41) is 0. The van der Waals surface area contributed by atoms with Crippen LogP contribution in [0.25, 0.3) is 0 Å². The topological polar surface area (TPSA) is 48.0 Å². The first-order valence-corrected chi connectivity index (χ1v) is 7.23. The lowest BCUT2D eigenvalue weighted by atomic mass is 10.1. The normalized spacial score (nSPS) is 31.8. The molecule has 1 spiro atoms. The van der Waals surface area contributed by atoms with Crippen LogP contribution in [0.5, 0.6) is 0 Å². The van der Waals surface area contributed by atoms with E-state index in [4.69, 9.17) is 25.8 Å². The van der Waals surface area contributed by atoms with Gasteiger partial charge in [0, 0.05) is 13.0 Å². The Morgan fingerprint density at radius 3 is 2.84 bits per heavy atom. The van der Waals surface area contributed by atoms with Gasteiger partial charge in [-0.25, -0.2) is 4.79 Å². The summed E-state index contributed by atoms with van der Waals surface area (Å²) >= 11 is 5.79. The molecule has 5 nitrogen and oxygen atoms in total. The van der Waals surface area contributed by atoms with Crippen molar-refractivity contribution in [1.82, 2.24) is 4.90 Å². The number of amides is 1. The fraction of sp³-hybridized carbons (Fsp3) is 0.923. The highest BCUT2D eigenvalue weighted by Crippen LogP contribution is 2.33. The summed E-state index contributed by atoms with van der Waals surface area (Å²) in [5.41, 5.74) is -0.488. The third-order valence-corrected chi connectivity index (χ3v) is 3.50. The molecule has 0 bridgehead atoms. The monoisotopic (exact) mass is 291 g/mol. The molecule has 0 N–H and O–H groups in total. The number of nitrogens with zero attached hydrogens (tertiary/aromatic N) is 1. The molecule has 1 amide bonds. The molecule has 0 aromatic heterocycles. The van der Waals surface area contributed by atoms with E-state index in [1.54, 1.807) is 4.90 Å². The van der Waals surface area contributed by atoms with E-state index in [1.807, 2.05) is 20.8 Å². The van der Waals surface area contributed by atoms with Crippen LogP contribution in [0, 0.1) is 0 Å². The van der Waals surface area contributed by atoms with Crippen LogP contribution in [0.1, 0.15) is 33.6 Å². The van der Waals surface area contributed by atoms with Gasteiger partial charge in [-0.15, -0.1) is 11.6 Å². The second-order valence-corrected chi connectivity index (χ2v) is 6.43. The molecule has 0 aromatic carbocycles. The van der Waals surface area contributed by atoms with Gasteiger partial charge in [-0.3, -0.25) is 0 Å². The number of likely N-dealkylation sites (tertiary alicyclic amines) is 1. The molecule has 19 heavy (non-hydrogen) atoms. The first-order valence-electron chi connectivity index (χ1n) is 6.69. The quantitative estimate of drug-likeness (QED) is 0.696. The zero-order chi connectivity index (χ0) is 14.1. The van der Waals surface area contributed by atoms with Crippen molar-refractivity contribution in [3.8, 4) is 0 Å². The zero-order valence-corrected chi connectivity index (χ0v) is 12.5. The molecule has 2 rings (SSSR count). The first-order chi connectivity index (χ1) is 8.84. The van der Waals surface area contributed by atoms with E-state index in [1.165, 1.54) is 0 Å². The molecule has 2 aliphatic rings. The number of alkyl halides is 1. The maximum atomic E-state index is 12.1. The highest BCUT2D eigenvalue weighted by Gasteiger charge is 2.46. The van der Waals surface area contributed by atoms with Gasteiger partial charge in [0.05, 0.1) is 25.1 Å². The first kappa shape index (κ1) is 14.9. The van der Waals surface area contributed by atoms with Crippen LogP contribution in [-0.2, 0) is 14.2 Å². The number of rotatable bonds is 1. The molecule has 2 heterocycles. The lowest BCUT2D eigenvalue weighted by molar-refractivity contribution is -0.194. The Balaban J connectivity index is 1.96. The molecule has 2 saturated heterocycles. The molecule has 2 fully saturated rings. The van der Waals surface area contributed by atoms with Crippen molar-refractivity contribution >= 4 is 17.7 Å². The van der Waals surface area contributed by atoms with Crippen LogP contribution in [-0.4, -0.2) is 54.1 Å². The molecule has 2 atom stereocenters. The van der Waals surface area contributed by atoms with Gasteiger partial charge in [0.1, 0.15) is 5.60 Å². The zero-order valence-electron chi connectivity index (χ0n) is 11.8. The average Bonchev–Trinajstić information content (AvgIpc) is 2.70. The number of halogens is 1. The third kappa shape index (κ3) is 3.74. The SMILES string of the molecule is CC(C)(C)OC(=O)N1CCCC2(C1)OCC(CCl)O2. The summed E-state index contributed by atoms with van der Waals surface area (Å²) in [6, 6.07) is 0. The average molecular weight is 292 g/mol. The highest BCUT2D eigenvalue weighted by atomic mass is 35.5. The fourth-order valence-electron chi connectivity index (χ4n) is 2.38. The summed E-state index contributed by atoms with van der Waals surface area (Å²) in [7, 11) is 0. The van der Waals surface area contributed by atoms with E-state index in [2.05, 4.69) is 0 Å². The second kappa shape index (κ2) is 5.46. The fourth-order valence-corrected chi connectivity index (χ4v) is 2.53.